The molecule has 4 aliphatic carbocycles. The monoisotopic (exact) mass is 414 g/mol. The van der Waals surface area contributed by atoms with Crippen molar-refractivity contribution in [1.29, 1.82) is 0 Å². The molecule has 0 aromatic heterocycles. The number of aliphatic hydroxyl groups excluding tert-OH is 1. The van der Waals surface area contributed by atoms with E-state index in [1.807, 2.05) is 0 Å². The van der Waals surface area contributed by atoms with Crippen LogP contribution in [-0.2, 0) is 0 Å². The van der Waals surface area contributed by atoms with Crippen LogP contribution in [0.2, 0.25) is 0 Å². The van der Waals surface area contributed by atoms with Gasteiger partial charge in [-0.05, 0) is 103 Å². The molecule has 172 valence electrons. The molecule has 0 radical (unpaired) electrons. The molecule has 1 nitrogen and oxygen atoms in total. The summed E-state index contributed by atoms with van der Waals surface area (Å²) >= 11 is 0. The Balaban J connectivity index is 1.49. The molecule has 0 amide bonds. The zero-order chi connectivity index (χ0) is 21.8. The van der Waals surface area contributed by atoms with Gasteiger partial charge in [0.15, 0.2) is 0 Å². The first-order chi connectivity index (χ1) is 14.1. The Bertz CT molecular complexity index is 636. The van der Waals surface area contributed by atoms with Crippen molar-refractivity contribution < 1.29 is 5.11 Å². The van der Waals surface area contributed by atoms with Gasteiger partial charge in [0, 0.05) is 0 Å². The smallest absolute Gasteiger partial charge is 0.0749 e. The Hall–Kier alpha value is -0.300. The third kappa shape index (κ3) is 3.54. The molecule has 0 bridgehead atoms. The third-order valence-electron chi connectivity index (χ3n) is 11.6. The summed E-state index contributed by atoms with van der Waals surface area (Å²) in [5.74, 6) is 7.31. The standard InChI is InChI=1S/C29H50O/c1-18(2)19(3)8-9-20(4)23-12-13-25-22-10-11-24-21(5)27(30)15-17-29(24,7)26(22)14-16-28(23,25)6/h15,17-27,30H,8-14,16H2,1-7H3/t19-,20+,21?,22-,23+,24?,25-,26-,27?,28+,29-/m0/s1. The molecular weight excluding hydrogens is 364 g/mol. The topological polar surface area (TPSA) is 20.2 Å². The van der Waals surface area contributed by atoms with Gasteiger partial charge in [-0.3, -0.25) is 0 Å². The quantitative estimate of drug-likeness (QED) is 0.456. The van der Waals surface area contributed by atoms with E-state index < -0.39 is 0 Å². The molecule has 3 unspecified atom stereocenters. The van der Waals surface area contributed by atoms with E-state index in [-0.39, 0.29) is 6.10 Å². The third-order valence-corrected chi connectivity index (χ3v) is 11.6. The highest BCUT2D eigenvalue weighted by atomic mass is 16.3. The molecule has 0 aromatic carbocycles. The van der Waals surface area contributed by atoms with Crippen molar-refractivity contribution in [3.8, 4) is 0 Å². The molecule has 0 saturated heterocycles. The van der Waals surface area contributed by atoms with Crippen molar-refractivity contribution in [3.05, 3.63) is 12.2 Å². The molecule has 4 aliphatic rings. The summed E-state index contributed by atoms with van der Waals surface area (Å²) in [6.45, 7) is 17.4. The van der Waals surface area contributed by atoms with Crippen molar-refractivity contribution in [2.45, 2.75) is 106 Å². The normalized spacial score (nSPS) is 50.0. The minimum atomic E-state index is -0.224. The minimum absolute atomic E-state index is 0.224. The fourth-order valence-electron chi connectivity index (χ4n) is 9.25. The van der Waals surface area contributed by atoms with Gasteiger partial charge in [0.2, 0.25) is 0 Å². The number of fused-ring (bicyclic) bond motifs is 5. The average molecular weight is 415 g/mol. The van der Waals surface area contributed by atoms with Gasteiger partial charge in [-0.2, -0.15) is 0 Å². The van der Waals surface area contributed by atoms with Gasteiger partial charge in [0.1, 0.15) is 0 Å². The maximum atomic E-state index is 10.5. The molecule has 0 heterocycles. The summed E-state index contributed by atoms with van der Waals surface area (Å²) in [5, 5.41) is 10.5. The van der Waals surface area contributed by atoms with Gasteiger partial charge in [-0.1, -0.05) is 73.5 Å². The van der Waals surface area contributed by atoms with Gasteiger partial charge in [-0.15, -0.1) is 0 Å². The van der Waals surface area contributed by atoms with E-state index in [0.717, 1.165) is 41.4 Å². The number of hydrogen-bond donors (Lipinski definition) is 1. The van der Waals surface area contributed by atoms with Crippen molar-refractivity contribution >= 4 is 0 Å². The Kier molecular flexibility index (Phi) is 6.28. The van der Waals surface area contributed by atoms with Crippen LogP contribution in [0.3, 0.4) is 0 Å². The van der Waals surface area contributed by atoms with Gasteiger partial charge in [0.25, 0.3) is 0 Å². The average Bonchev–Trinajstić information content (AvgIpc) is 3.06. The molecule has 0 spiro atoms. The molecule has 11 atom stereocenters. The molecular formula is C29H50O. The highest BCUT2D eigenvalue weighted by molar-refractivity contribution is 5.18. The van der Waals surface area contributed by atoms with E-state index in [9.17, 15) is 5.11 Å². The highest BCUT2D eigenvalue weighted by Crippen LogP contribution is 2.68. The Morgan fingerprint density at radius 2 is 1.60 bits per heavy atom. The van der Waals surface area contributed by atoms with Crippen LogP contribution in [0.5, 0.6) is 0 Å². The van der Waals surface area contributed by atoms with E-state index in [4.69, 9.17) is 0 Å². The van der Waals surface area contributed by atoms with Gasteiger partial charge in [-0.25, -0.2) is 0 Å². The Labute approximate surface area is 187 Å². The van der Waals surface area contributed by atoms with Crippen molar-refractivity contribution in [1.82, 2.24) is 0 Å². The van der Waals surface area contributed by atoms with E-state index in [1.54, 1.807) is 0 Å². The van der Waals surface area contributed by atoms with E-state index in [1.165, 1.54) is 51.4 Å². The maximum Gasteiger partial charge on any atom is 0.0749 e. The predicted molar refractivity (Wildman–Crippen MR) is 128 cm³/mol. The SMILES string of the molecule is CC1C(O)C=C[C@@]2(C)C1CC[C@H]1[C@@H]3CC[C@H]([C@H](C)CC[C@H](C)C(C)C)[C@@]3(C)CC[C@@H]12. The van der Waals surface area contributed by atoms with Crippen LogP contribution in [0.1, 0.15) is 99.8 Å². The Morgan fingerprint density at radius 3 is 2.30 bits per heavy atom. The van der Waals surface area contributed by atoms with Crippen LogP contribution in [-0.4, -0.2) is 11.2 Å². The summed E-state index contributed by atoms with van der Waals surface area (Å²) in [7, 11) is 0. The van der Waals surface area contributed by atoms with Crippen LogP contribution < -0.4 is 0 Å². The van der Waals surface area contributed by atoms with Gasteiger partial charge < -0.3 is 5.11 Å². The largest absolute Gasteiger partial charge is 0.389 e. The van der Waals surface area contributed by atoms with Crippen molar-refractivity contribution in [2.24, 2.45) is 64.1 Å². The molecule has 0 aliphatic heterocycles. The van der Waals surface area contributed by atoms with Crippen LogP contribution in [0.15, 0.2) is 12.2 Å². The van der Waals surface area contributed by atoms with E-state index in [2.05, 4.69) is 60.6 Å². The zero-order valence-corrected chi connectivity index (χ0v) is 21.0. The second-order valence-electron chi connectivity index (χ2n) is 13.1. The number of aliphatic hydroxyl groups is 1. The molecule has 30 heavy (non-hydrogen) atoms. The van der Waals surface area contributed by atoms with E-state index >= 15 is 0 Å². The number of allylic oxidation sites excluding steroid dienone is 1. The van der Waals surface area contributed by atoms with Crippen LogP contribution in [0.4, 0.5) is 0 Å². The zero-order valence-electron chi connectivity index (χ0n) is 21.0. The van der Waals surface area contributed by atoms with Crippen LogP contribution in [0, 0.1) is 64.1 Å². The summed E-state index contributed by atoms with van der Waals surface area (Å²) in [6.07, 6.45) is 15.8. The second kappa shape index (κ2) is 8.24. The lowest BCUT2D eigenvalue weighted by atomic mass is 9.44. The van der Waals surface area contributed by atoms with Crippen molar-refractivity contribution in [2.75, 3.05) is 0 Å². The first-order valence-corrected chi connectivity index (χ1v) is 13.5. The number of rotatable bonds is 5. The first kappa shape index (κ1) is 22.9. The fraction of sp³-hybridized carbons (Fsp3) is 0.931. The summed E-state index contributed by atoms with van der Waals surface area (Å²) in [4.78, 5) is 0. The summed E-state index contributed by atoms with van der Waals surface area (Å²) in [5.41, 5.74) is 0.896. The molecule has 1 N–H and O–H groups in total. The van der Waals surface area contributed by atoms with Gasteiger partial charge >= 0.3 is 0 Å². The molecule has 4 rings (SSSR count). The lowest BCUT2D eigenvalue weighted by Crippen LogP contribution is -2.54. The van der Waals surface area contributed by atoms with Crippen LogP contribution in [0.25, 0.3) is 0 Å². The molecule has 3 fully saturated rings. The van der Waals surface area contributed by atoms with Gasteiger partial charge in [0.05, 0.1) is 6.10 Å². The predicted octanol–water partition coefficient (Wildman–Crippen LogP) is 7.74. The number of hydrogen-bond acceptors (Lipinski definition) is 1. The second-order valence-corrected chi connectivity index (χ2v) is 13.1. The van der Waals surface area contributed by atoms with Crippen LogP contribution >= 0.6 is 0 Å². The summed E-state index contributed by atoms with van der Waals surface area (Å²) < 4.78 is 0. The molecule has 3 saturated carbocycles. The Morgan fingerprint density at radius 1 is 0.900 bits per heavy atom. The molecule has 1 heteroatoms. The van der Waals surface area contributed by atoms with Crippen molar-refractivity contribution in [3.63, 3.8) is 0 Å². The lowest BCUT2D eigenvalue weighted by Gasteiger charge is -2.61. The molecule has 0 aromatic rings. The minimum Gasteiger partial charge on any atom is -0.389 e. The maximum absolute atomic E-state index is 10.5. The first-order valence-electron chi connectivity index (χ1n) is 13.5. The van der Waals surface area contributed by atoms with E-state index in [0.29, 0.717) is 22.7 Å². The fourth-order valence-corrected chi connectivity index (χ4v) is 9.25. The lowest BCUT2D eigenvalue weighted by molar-refractivity contribution is -0.105. The summed E-state index contributed by atoms with van der Waals surface area (Å²) in [6, 6.07) is 0. The highest BCUT2D eigenvalue weighted by Gasteiger charge is 2.60.